The van der Waals surface area contributed by atoms with Crippen molar-refractivity contribution in [1.29, 1.82) is 0 Å². The zero-order valence-electron chi connectivity index (χ0n) is 10.5. The SMILES string of the molecule is CC(NCC(O)C(F)(F)F)c1ccc(OC(F)F)cc1. The van der Waals surface area contributed by atoms with Crippen LogP contribution in [0.4, 0.5) is 22.0 Å². The van der Waals surface area contributed by atoms with Gasteiger partial charge in [-0.25, -0.2) is 0 Å². The topological polar surface area (TPSA) is 41.5 Å². The molecule has 0 radical (unpaired) electrons. The summed E-state index contributed by atoms with van der Waals surface area (Å²) in [6.07, 6.45) is -7.13. The molecule has 114 valence electrons. The number of hydrogen-bond acceptors (Lipinski definition) is 3. The number of hydrogen-bond donors (Lipinski definition) is 2. The number of ether oxygens (including phenoxy) is 1. The molecule has 3 nitrogen and oxygen atoms in total. The average molecular weight is 299 g/mol. The van der Waals surface area contributed by atoms with Crippen LogP contribution in [0.25, 0.3) is 0 Å². The summed E-state index contributed by atoms with van der Waals surface area (Å²) in [6, 6.07) is 5.01. The van der Waals surface area contributed by atoms with E-state index >= 15 is 0 Å². The molecule has 0 saturated carbocycles. The monoisotopic (exact) mass is 299 g/mol. The van der Waals surface area contributed by atoms with Crippen molar-refractivity contribution in [3.8, 4) is 5.75 Å². The second-order valence-corrected chi connectivity index (χ2v) is 4.13. The molecular weight excluding hydrogens is 285 g/mol. The Labute approximate surface area is 112 Å². The number of aliphatic hydroxyl groups is 1. The molecule has 8 heteroatoms. The summed E-state index contributed by atoms with van der Waals surface area (Å²) in [6.45, 7) is -2.00. The molecule has 2 atom stereocenters. The molecule has 0 spiro atoms. The van der Waals surface area contributed by atoms with E-state index in [4.69, 9.17) is 5.11 Å². The van der Waals surface area contributed by atoms with Crippen molar-refractivity contribution in [2.45, 2.75) is 31.9 Å². The van der Waals surface area contributed by atoms with E-state index < -0.39 is 31.5 Å². The van der Waals surface area contributed by atoms with Gasteiger partial charge in [-0.3, -0.25) is 0 Å². The average Bonchev–Trinajstić information content (AvgIpc) is 2.34. The maximum absolute atomic E-state index is 12.1. The van der Waals surface area contributed by atoms with Crippen LogP contribution in [-0.4, -0.2) is 30.5 Å². The van der Waals surface area contributed by atoms with Gasteiger partial charge in [0.25, 0.3) is 0 Å². The summed E-state index contributed by atoms with van der Waals surface area (Å²) in [5.41, 5.74) is 0.584. The number of halogens is 5. The highest BCUT2D eigenvalue weighted by Crippen LogP contribution is 2.22. The lowest BCUT2D eigenvalue weighted by atomic mass is 10.1. The van der Waals surface area contributed by atoms with Crippen molar-refractivity contribution in [3.05, 3.63) is 29.8 Å². The molecule has 0 saturated heterocycles. The largest absolute Gasteiger partial charge is 0.435 e. The van der Waals surface area contributed by atoms with Gasteiger partial charge >= 0.3 is 12.8 Å². The summed E-state index contributed by atoms with van der Waals surface area (Å²) in [5, 5.41) is 11.3. The molecule has 0 bridgehead atoms. The Hall–Kier alpha value is -1.41. The van der Waals surface area contributed by atoms with Gasteiger partial charge in [-0.1, -0.05) is 12.1 Å². The van der Waals surface area contributed by atoms with Gasteiger partial charge in [-0.2, -0.15) is 22.0 Å². The van der Waals surface area contributed by atoms with E-state index in [1.165, 1.54) is 24.3 Å². The quantitative estimate of drug-likeness (QED) is 0.794. The second-order valence-electron chi connectivity index (χ2n) is 4.13. The predicted octanol–water partition coefficient (Wildman–Crippen LogP) is 2.86. The first-order valence-electron chi connectivity index (χ1n) is 5.73. The fourth-order valence-electron chi connectivity index (χ4n) is 1.46. The predicted molar refractivity (Wildman–Crippen MR) is 61.6 cm³/mol. The lowest BCUT2D eigenvalue weighted by Crippen LogP contribution is -2.39. The lowest BCUT2D eigenvalue weighted by Gasteiger charge is -2.19. The fraction of sp³-hybridized carbons (Fsp3) is 0.500. The Morgan fingerprint density at radius 2 is 1.75 bits per heavy atom. The number of benzene rings is 1. The Morgan fingerprint density at radius 3 is 2.20 bits per heavy atom. The number of nitrogens with one attached hydrogen (secondary N) is 1. The number of alkyl halides is 5. The van der Waals surface area contributed by atoms with Gasteiger partial charge in [0.05, 0.1) is 0 Å². The van der Waals surface area contributed by atoms with E-state index in [0.717, 1.165) is 0 Å². The van der Waals surface area contributed by atoms with Crippen LogP contribution in [0.15, 0.2) is 24.3 Å². The third-order valence-electron chi connectivity index (χ3n) is 2.60. The standard InChI is InChI=1S/C12H14F5NO2/c1-7(18-6-10(19)12(15,16)17)8-2-4-9(5-3-8)20-11(13)14/h2-5,7,10-11,18-19H,6H2,1H3. The molecule has 0 aliphatic rings. The minimum absolute atomic E-state index is 0.0359. The van der Waals surface area contributed by atoms with Crippen molar-refractivity contribution in [3.63, 3.8) is 0 Å². The van der Waals surface area contributed by atoms with Crippen LogP contribution < -0.4 is 10.1 Å². The van der Waals surface area contributed by atoms with Crippen LogP contribution in [0, 0.1) is 0 Å². The zero-order chi connectivity index (χ0) is 15.3. The molecule has 2 N–H and O–H groups in total. The van der Waals surface area contributed by atoms with Crippen LogP contribution in [-0.2, 0) is 0 Å². The third-order valence-corrected chi connectivity index (χ3v) is 2.60. The molecule has 1 rings (SSSR count). The molecule has 0 aliphatic heterocycles. The van der Waals surface area contributed by atoms with Crippen molar-refractivity contribution < 1.29 is 31.8 Å². The van der Waals surface area contributed by atoms with E-state index in [0.29, 0.717) is 5.56 Å². The molecule has 2 unspecified atom stereocenters. The van der Waals surface area contributed by atoms with Crippen LogP contribution in [0.2, 0.25) is 0 Å². The van der Waals surface area contributed by atoms with Crippen molar-refractivity contribution >= 4 is 0 Å². The highest BCUT2D eigenvalue weighted by molar-refractivity contribution is 5.28. The first kappa shape index (κ1) is 16.6. The molecule has 0 amide bonds. The van der Waals surface area contributed by atoms with Crippen LogP contribution in [0.5, 0.6) is 5.75 Å². The number of aliphatic hydroxyl groups excluding tert-OH is 1. The maximum Gasteiger partial charge on any atom is 0.415 e. The maximum atomic E-state index is 12.1. The third kappa shape index (κ3) is 5.30. The molecule has 1 aromatic carbocycles. The van der Waals surface area contributed by atoms with E-state index in [1.807, 2.05) is 0 Å². The smallest absolute Gasteiger partial charge is 0.415 e. The van der Waals surface area contributed by atoms with Gasteiger partial charge in [0, 0.05) is 12.6 Å². The second kappa shape index (κ2) is 6.85. The van der Waals surface area contributed by atoms with Gasteiger partial charge in [0.15, 0.2) is 6.10 Å². The van der Waals surface area contributed by atoms with Crippen molar-refractivity contribution in [2.75, 3.05) is 6.54 Å². The Bertz CT molecular complexity index is 407. The molecule has 0 aromatic heterocycles. The van der Waals surface area contributed by atoms with E-state index in [-0.39, 0.29) is 5.75 Å². The highest BCUT2D eigenvalue weighted by atomic mass is 19.4. The fourth-order valence-corrected chi connectivity index (χ4v) is 1.46. The molecule has 20 heavy (non-hydrogen) atoms. The number of rotatable bonds is 6. The van der Waals surface area contributed by atoms with Gasteiger partial charge < -0.3 is 15.2 Å². The van der Waals surface area contributed by atoms with Gasteiger partial charge in [0.1, 0.15) is 5.75 Å². The molecule has 0 fully saturated rings. The Kier molecular flexibility index (Phi) is 5.70. The van der Waals surface area contributed by atoms with Crippen LogP contribution >= 0.6 is 0 Å². The van der Waals surface area contributed by atoms with Crippen LogP contribution in [0.3, 0.4) is 0 Å². The van der Waals surface area contributed by atoms with Gasteiger partial charge in [-0.05, 0) is 24.6 Å². The van der Waals surface area contributed by atoms with Crippen molar-refractivity contribution in [1.82, 2.24) is 5.32 Å². The highest BCUT2D eigenvalue weighted by Gasteiger charge is 2.37. The zero-order valence-corrected chi connectivity index (χ0v) is 10.5. The summed E-state index contributed by atoms with van der Waals surface area (Å²) in [7, 11) is 0. The molecule has 0 aliphatic carbocycles. The lowest BCUT2D eigenvalue weighted by molar-refractivity contribution is -0.202. The summed E-state index contributed by atoms with van der Waals surface area (Å²) in [4.78, 5) is 0. The van der Waals surface area contributed by atoms with E-state index in [9.17, 15) is 22.0 Å². The minimum atomic E-state index is -4.68. The molecular formula is C12H14F5NO2. The minimum Gasteiger partial charge on any atom is -0.435 e. The first-order valence-corrected chi connectivity index (χ1v) is 5.73. The van der Waals surface area contributed by atoms with Crippen LogP contribution in [0.1, 0.15) is 18.5 Å². The normalized spacial score (nSPS) is 15.2. The van der Waals surface area contributed by atoms with E-state index in [2.05, 4.69) is 10.1 Å². The van der Waals surface area contributed by atoms with Crippen molar-refractivity contribution in [2.24, 2.45) is 0 Å². The van der Waals surface area contributed by atoms with E-state index in [1.54, 1.807) is 6.92 Å². The molecule has 0 heterocycles. The summed E-state index contributed by atoms with van der Waals surface area (Å²) < 4.78 is 64.3. The van der Waals surface area contributed by atoms with Gasteiger partial charge in [0.2, 0.25) is 0 Å². The summed E-state index contributed by atoms with van der Waals surface area (Å²) >= 11 is 0. The van der Waals surface area contributed by atoms with Gasteiger partial charge in [-0.15, -0.1) is 0 Å². The Morgan fingerprint density at radius 1 is 1.20 bits per heavy atom. The Balaban J connectivity index is 2.53. The molecule has 1 aromatic rings. The first-order chi connectivity index (χ1) is 9.20. The summed E-state index contributed by atoms with van der Waals surface area (Å²) in [5.74, 6) is -0.0359.